The smallest absolute Gasteiger partial charge is 0.202 e. The highest BCUT2D eigenvalue weighted by Crippen LogP contribution is 2.35. The third-order valence-electron chi connectivity index (χ3n) is 3.74. The van der Waals surface area contributed by atoms with Gasteiger partial charge < -0.3 is 10.2 Å². The van der Waals surface area contributed by atoms with Crippen LogP contribution in [0.2, 0.25) is 0 Å². The normalized spacial score (nSPS) is 31.9. The van der Waals surface area contributed by atoms with Crippen LogP contribution in [0.3, 0.4) is 0 Å². The van der Waals surface area contributed by atoms with E-state index in [9.17, 15) is 18.6 Å². The Hall–Kier alpha value is -1.17. The summed E-state index contributed by atoms with van der Waals surface area (Å²) in [7, 11) is -3.66. The van der Waals surface area contributed by atoms with E-state index in [2.05, 4.69) is 0 Å². The first-order chi connectivity index (χ1) is 8.85. The minimum Gasteiger partial charge on any atom is -0.392 e. The monoisotopic (exact) mass is 282 g/mol. The van der Waals surface area contributed by atoms with Crippen molar-refractivity contribution in [3.05, 3.63) is 41.3 Å². The highest BCUT2D eigenvalue weighted by molar-refractivity contribution is 7.95. The number of rotatable bonds is 2. The number of benzene rings is 1. The van der Waals surface area contributed by atoms with Crippen LogP contribution < -0.4 is 0 Å². The lowest BCUT2D eigenvalue weighted by Crippen LogP contribution is -2.40. The average Bonchev–Trinajstić information content (AvgIpc) is 2.41. The van der Waals surface area contributed by atoms with Crippen LogP contribution >= 0.6 is 0 Å². The van der Waals surface area contributed by atoms with Gasteiger partial charge in [0.05, 0.1) is 22.0 Å². The summed E-state index contributed by atoms with van der Waals surface area (Å²) in [4.78, 5) is 0.277. The Morgan fingerprint density at radius 2 is 1.63 bits per heavy atom. The molecular weight excluding hydrogens is 264 g/mol. The minimum absolute atomic E-state index is 0.0943. The van der Waals surface area contributed by atoms with Gasteiger partial charge in [-0.3, -0.25) is 0 Å². The van der Waals surface area contributed by atoms with E-state index in [1.165, 1.54) is 18.2 Å². The quantitative estimate of drug-likeness (QED) is 0.858. The maximum Gasteiger partial charge on any atom is 0.202 e. The number of sulfone groups is 1. The Labute approximate surface area is 113 Å². The van der Waals surface area contributed by atoms with Crippen LogP contribution in [0.25, 0.3) is 0 Å². The van der Waals surface area contributed by atoms with Crippen LogP contribution in [-0.2, 0) is 9.84 Å². The predicted molar refractivity (Wildman–Crippen MR) is 72.1 cm³/mol. The minimum atomic E-state index is -3.66. The third-order valence-corrected chi connectivity index (χ3v) is 5.76. The molecule has 1 aromatic rings. The largest absolute Gasteiger partial charge is 0.392 e. The molecule has 19 heavy (non-hydrogen) atoms. The Kier molecular flexibility index (Phi) is 3.80. The molecule has 0 radical (unpaired) electrons. The number of aliphatic hydroxyl groups is 2. The lowest BCUT2D eigenvalue weighted by Gasteiger charge is -2.33. The fraction of sp³-hybridized carbons (Fsp3) is 0.429. The van der Waals surface area contributed by atoms with Gasteiger partial charge in [0.1, 0.15) is 0 Å². The molecule has 2 rings (SSSR count). The molecule has 1 aliphatic carbocycles. The highest BCUT2D eigenvalue weighted by Gasteiger charge is 2.38. The fourth-order valence-electron chi connectivity index (χ4n) is 2.37. The first-order valence-electron chi connectivity index (χ1n) is 6.23. The van der Waals surface area contributed by atoms with Crippen molar-refractivity contribution in [2.75, 3.05) is 0 Å². The second-order valence-electron chi connectivity index (χ2n) is 5.01. The molecule has 5 heteroatoms. The summed E-state index contributed by atoms with van der Waals surface area (Å²) < 4.78 is 25.0. The van der Waals surface area contributed by atoms with Gasteiger partial charge in [-0.05, 0) is 18.2 Å². The summed E-state index contributed by atoms with van der Waals surface area (Å²) in [6.45, 7) is 3.37. The Morgan fingerprint density at radius 3 is 2.21 bits per heavy atom. The second-order valence-corrected chi connectivity index (χ2v) is 6.96. The number of aliphatic hydroxyl groups excluding tert-OH is 2. The van der Waals surface area contributed by atoms with Crippen LogP contribution in [0, 0.1) is 11.8 Å². The SMILES string of the molecule is CC1C(S(=O)(=O)c2ccccc2)=C[C@@H](O)[C@@H](C)[C@@H]1O. The van der Waals surface area contributed by atoms with Crippen LogP contribution in [0.1, 0.15) is 13.8 Å². The molecule has 104 valence electrons. The van der Waals surface area contributed by atoms with E-state index in [4.69, 9.17) is 0 Å². The standard InChI is InChI=1S/C14H18O4S/c1-9-12(15)8-13(10(2)14(9)16)19(17,18)11-6-4-3-5-7-11/h3-10,12,14-16H,1-2H3/t9-,10?,12-,14+/m1/s1. The van der Waals surface area contributed by atoms with Crippen LogP contribution in [0.15, 0.2) is 46.2 Å². The summed E-state index contributed by atoms with van der Waals surface area (Å²) in [5.41, 5.74) is 0. The Morgan fingerprint density at radius 1 is 1.05 bits per heavy atom. The van der Waals surface area contributed by atoms with Gasteiger partial charge in [-0.15, -0.1) is 0 Å². The van der Waals surface area contributed by atoms with Gasteiger partial charge in [0, 0.05) is 11.8 Å². The van der Waals surface area contributed by atoms with E-state index < -0.39 is 28.0 Å². The molecule has 0 aromatic heterocycles. The molecule has 1 aliphatic rings. The summed E-state index contributed by atoms with van der Waals surface area (Å²) in [5.74, 6) is -0.895. The van der Waals surface area contributed by atoms with Gasteiger partial charge in [-0.2, -0.15) is 0 Å². The second kappa shape index (κ2) is 5.07. The lowest BCUT2D eigenvalue weighted by molar-refractivity contribution is 0.0123. The molecule has 1 unspecified atom stereocenters. The van der Waals surface area contributed by atoms with Gasteiger partial charge >= 0.3 is 0 Å². The molecule has 1 aromatic carbocycles. The topological polar surface area (TPSA) is 74.6 Å². The zero-order valence-electron chi connectivity index (χ0n) is 10.9. The van der Waals surface area contributed by atoms with Crippen molar-refractivity contribution >= 4 is 9.84 Å². The van der Waals surface area contributed by atoms with Gasteiger partial charge in [0.15, 0.2) is 0 Å². The average molecular weight is 282 g/mol. The van der Waals surface area contributed by atoms with Crippen molar-refractivity contribution in [1.29, 1.82) is 0 Å². The third kappa shape index (κ3) is 2.45. The van der Waals surface area contributed by atoms with E-state index in [0.717, 1.165) is 0 Å². The molecule has 0 aliphatic heterocycles. The van der Waals surface area contributed by atoms with Crippen LogP contribution in [-0.4, -0.2) is 30.8 Å². The number of hydrogen-bond donors (Lipinski definition) is 2. The molecular formula is C14H18O4S. The Bertz CT molecular complexity index is 577. The van der Waals surface area contributed by atoms with Crippen molar-refractivity contribution in [2.24, 2.45) is 11.8 Å². The Balaban J connectivity index is 2.49. The van der Waals surface area contributed by atoms with Crippen molar-refractivity contribution in [3.63, 3.8) is 0 Å². The summed E-state index contributed by atoms with van der Waals surface area (Å²) in [5, 5.41) is 19.9. The zero-order chi connectivity index (χ0) is 14.2. The maximum absolute atomic E-state index is 12.5. The van der Waals surface area contributed by atoms with E-state index in [1.54, 1.807) is 32.0 Å². The first kappa shape index (κ1) is 14.2. The van der Waals surface area contributed by atoms with E-state index in [1.807, 2.05) is 0 Å². The van der Waals surface area contributed by atoms with Crippen LogP contribution in [0.5, 0.6) is 0 Å². The summed E-state index contributed by atoms with van der Waals surface area (Å²) in [6.07, 6.45) is -0.460. The molecule has 0 saturated carbocycles. The lowest BCUT2D eigenvalue weighted by atomic mass is 9.84. The molecule has 2 N–H and O–H groups in total. The van der Waals surface area contributed by atoms with Gasteiger partial charge in [-0.1, -0.05) is 32.0 Å². The summed E-state index contributed by atoms with van der Waals surface area (Å²) in [6, 6.07) is 8.07. The van der Waals surface area contributed by atoms with Gasteiger partial charge in [0.2, 0.25) is 9.84 Å². The summed E-state index contributed by atoms with van der Waals surface area (Å²) >= 11 is 0. The van der Waals surface area contributed by atoms with Crippen molar-refractivity contribution in [2.45, 2.75) is 31.0 Å². The fourth-order valence-corrected chi connectivity index (χ4v) is 4.10. The van der Waals surface area contributed by atoms with Crippen molar-refractivity contribution in [1.82, 2.24) is 0 Å². The maximum atomic E-state index is 12.5. The van der Waals surface area contributed by atoms with Crippen LogP contribution in [0.4, 0.5) is 0 Å². The molecule has 0 fully saturated rings. The van der Waals surface area contributed by atoms with E-state index >= 15 is 0 Å². The molecule has 0 saturated heterocycles. The highest BCUT2D eigenvalue weighted by atomic mass is 32.2. The van der Waals surface area contributed by atoms with E-state index in [-0.39, 0.29) is 15.7 Å². The molecule has 0 spiro atoms. The van der Waals surface area contributed by atoms with Crippen molar-refractivity contribution in [3.8, 4) is 0 Å². The first-order valence-corrected chi connectivity index (χ1v) is 7.72. The molecule has 0 bridgehead atoms. The molecule has 4 nitrogen and oxygen atoms in total. The predicted octanol–water partition coefficient (Wildman–Crippen LogP) is 1.35. The molecule has 4 atom stereocenters. The van der Waals surface area contributed by atoms with Crippen molar-refractivity contribution < 1.29 is 18.6 Å². The zero-order valence-corrected chi connectivity index (χ0v) is 11.7. The van der Waals surface area contributed by atoms with Gasteiger partial charge in [0.25, 0.3) is 0 Å². The van der Waals surface area contributed by atoms with E-state index in [0.29, 0.717) is 0 Å². The van der Waals surface area contributed by atoms with Gasteiger partial charge in [-0.25, -0.2) is 8.42 Å². The molecule has 0 heterocycles. The molecule has 0 amide bonds. The number of hydrogen-bond acceptors (Lipinski definition) is 4.